The zero-order valence-electron chi connectivity index (χ0n) is 14.7. The summed E-state index contributed by atoms with van der Waals surface area (Å²) < 4.78 is 0. The molecule has 0 saturated carbocycles. The first-order valence-corrected chi connectivity index (χ1v) is 8.19. The van der Waals surface area contributed by atoms with Gasteiger partial charge in [-0.1, -0.05) is 36.8 Å². The Morgan fingerprint density at radius 2 is 2.00 bits per heavy atom. The number of aliphatic hydroxyl groups excluding tert-OH is 1. The van der Waals surface area contributed by atoms with E-state index in [9.17, 15) is 5.11 Å². The summed E-state index contributed by atoms with van der Waals surface area (Å²) in [5, 5.41) is 9.68. The molecule has 0 radical (unpaired) electrons. The monoisotopic (exact) mass is 309 g/mol. The van der Waals surface area contributed by atoms with Crippen molar-refractivity contribution in [3.63, 3.8) is 0 Å². The van der Waals surface area contributed by atoms with E-state index < -0.39 is 0 Å². The lowest BCUT2D eigenvalue weighted by Crippen LogP contribution is -2.30. The topological polar surface area (TPSA) is 23.5 Å². The SMILES string of the molecule is C=C(/C=C\C(O)=C/CC)CN1CC(C)=C(C)c2cc(C)ccc21. The van der Waals surface area contributed by atoms with Crippen molar-refractivity contribution >= 4 is 11.3 Å². The smallest absolute Gasteiger partial charge is 0.111 e. The van der Waals surface area contributed by atoms with E-state index in [2.05, 4.69) is 50.4 Å². The molecule has 1 aliphatic rings. The molecule has 0 aromatic heterocycles. The molecule has 0 unspecified atom stereocenters. The van der Waals surface area contributed by atoms with Crippen molar-refractivity contribution in [1.29, 1.82) is 0 Å². The fourth-order valence-electron chi connectivity index (χ4n) is 2.87. The molecule has 0 saturated heterocycles. The molecule has 23 heavy (non-hydrogen) atoms. The van der Waals surface area contributed by atoms with Gasteiger partial charge in [0.2, 0.25) is 0 Å². The number of nitrogens with zero attached hydrogens (tertiary/aromatic N) is 1. The van der Waals surface area contributed by atoms with Gasteiger partial charge < -0.3 is 10.0 Å². The number of hydrogen-bond acceptors (Lipinski definition) is 2. The minimum Gasteiger partial charge on any atom is -0.508 e. The third kappa shape index (κ3) is 4.16. The van der Waals surface area contributed by atoms with Gasteiger partial charge in [-0.3, -0.25) is 0 Å². The van der Waals surface area contributed by atoms with Gasteiger partial charge in [0, 0.05) is 24.3 Å². The van der Waals surface area contributed by atoms with E-state index in [-0.39, 0.29) is 0 Å². The summed E-state index contributed by atoms with van der Waals surface area (Å²) in [5.74, 6) is 0.301. The second kappa shape index (κ2) is 7.36. The van der Waals surface area contributed by atoms with Crippen molar-refractivity contribution in [3.8, 4) is 0 Å². The van der Waals surface area contributed by atoms with E-state index >= 15 is 0 Å². The van der Waals surface area contributed by atoms with Crippen LogP contribution in [-0.2, 0) is 0 Å². The van der Waals surface area contributed by atoms with Gasteiger partial charge in [-0.25, -0.2) is 0 Å². The first-order valence-electron chi connectivity index (χ1n) is 8.19. The van der Waals surface area contributed by atoms with E-state index in [4.69, 9.17) is 0 Å². The quantitative estimate of drug-likeness (QED) is 0.567. The molecule has 2 nitrogen and oxygen atoms in total. The van der Waals surface area contributed by atoms with Crippen molar-refractivity contribution in [2.24, 2.45) is 0 Å². The summed E-state index contributed by atoms with van der Waals surface area (Å²) >= 11 is 0. The molecule has 0 bridgehead atoms. The highest BCUT2D eigenvalue weighted by molar-refractivity contribution is 5.81. The Kier molecular flexibility index (Phi) is 5.49. The van der Waals surface area contributed by atoms with Gasteiger partial charge in [0.05, 0.1) is 0 Å². The third-order valence-electron chi connectivity index (χ3n) is 4.26. The van der Waals surface area contributed by atoms with Gasteiger partial charge in [-0.05, 0) is 62.6 Å². The third-order valence-corrected chi connectivity index (χ3v) is 4.26. The molecule has 0 spiro atoms. The van der Waals surface area contributed by atoms with Crippen LogP contribution in [0.25, 0.3) is 5.57 Å². The summed E-state index contributed by atoms with van der Waals surface area (Å²) in [6, 6.07) is 6.62. The van der Waals surface area contributed by atoms with Crippen molar-refractivity contribution in [3.05, 3.63) is 71.0 Å². The van der Waals surface area contributed by atoms with Crippen LogP contribution in [0.15, 0.2) is 59.9 Å². The van der Waals surface area contributed by atoms with Crippen LogP contribution in [0.3, 0.4) is 0 Å². The van der Waals surface area contributed by atoms with Crippen LogP contribution in [0.4, 0.5) is 5.69 Å². The van der Waals surface area contributed by atoms with E-state index in [1.165, 1.54) is 28.0 Å². The summed E-state index contributed by atoms with van der Waals surface area (Å²) in [4.78, 5) is 2.35. The fraction of sp³-hybridized carbons (Fsp3) is 0.333. The van der Waals surface area contributed by atoms with E-state index in [1.54, 1.807) is 12.2 Å². The van der Waals surface area contributed by atoms with Gasteiger partial charge >= 0.3 is 0 Å². The maximum atomic E-state index is 9.68. The number of aliphatic hydroxyl groups is 1. The molecule has 1 N–H and O–H groups in total. The lowest BCUT2D eigenvalue weighted by Gasteiger charge is -2.33. The van der Waals surface area contributed by atoms with Crippen LogP contribution in [-0.4, -0.2) is 18.2 Å². The van der Waals surface area contributed by atoms with Crippen LogP contribution in [0, 0.1) is 6.92 Å². The lowest BCUT2D eigenvalue weighted by atomic mass is 9.93. The number of allylic oxidation sites excluding steroid dienone is 3. The summed E-state index contributed by atoms with van der Waals surface area (Å²) in [7, 11) is 0. The highest BCUT2D eigenvalue weighted by atomic mass is 16.3. The summed E-state index contributed by atoms with van der Waals surface area (Å²) in [5.41, 5.74) is 7.63. The van der Waals surface area contributed by atoms with Crippen LogP contribution in [0.5, 0.6) is 0 Å². The van der Waals surface area contributed by atoms with Crippen molar-refractivity contribution in [2.45, 2.75) is 34.1 Å². The molecule has 0 atom stereocenters. The molecular weight excluding hydrogens is 282 g/mol. The van der Waals surface area contributed by atoms with Crippen molar-refractivity contribution in [1.82, 2.24) is 0 Å². The van der Waals surface area contributed by atoms with Crippen molar-refractivity contribution in [2.75, 3.05) is 18.0 Å². The number of rotatable bonds is 5. The Bertz CT molecular complexity index is 692. The van der Waals surface area contributed by atoms with Gasteiger partial charge in [0.15, 0.2) is 0 Å². The molecule has 0 fully saturated rings. The summed E-state index contributed by atoms with van der Waals surface area (Å²) in [6.45, 7) is 14.3. The van der Waals surface area contributed by atoms with Gasteiger partial charge in [0.25, 0.3) is 0 Å². The van der Waals surface area contributed by atoms with Gasteiger partial charge in [-0.2, -0.15) is 0 Å². The molecule has 1 aliphatic heterocycles. The number of benzene rings is 1. The number of aryl methyl sites for hydroxylation is 1. The van der Waals surface area contributed by atoms with Crippen LogP contribution < -0.4 is 4.90 Å². The minimum absolute atomic E-state index is 0.301. The van der Waals surface area contributed by atoms with Crippen molar-refractivity contribution < 1.29 is 5.11 Å². The highest BCUT2D eigenvalue weighted by Gasteiger charge is 2.20. The molecule has 2 rings (SSSR count). The second-order valence-electron chi connectivity index (χ2n) is 6.31. The molecule has 1 heterocycles. The van der Waals surface area contributed by atoms with E-state index in [0.717, 1.165) is 25.1 Å². The number of fused-ring (bicyclic) bond motifs is 1. The second-order valence-corrected chi connectivity index (χ2v) is 6.31. The molecule has 0 amide bonds. The minimum atomic E-state index is 0.301. The molecule has 2 heteroatoms. The molecule has 122 valence electrons. The first kappa shape index (κ1) is 17.1. The molecule has 1 aromatic carbocycles. The van der Waals surface area contributed by atoms with Crippen LogP contribution >= 0.6 is 0 Å². The lowest BCUT2D eigenvalue weighted by molar-refractivity contribution is 0.430. The number of anilines is 1. The first-order chi connectivity index (χ1) is 10.9. The normalized spacial score (nSPS) is 15.3. The Balaban J connectivity index is 2.19. The van der Waals surface area contributed by atoms with Gasteiger partial charge in [0.1, 0.15) is 5.76 Å². The highest BCUT2D eigenvalue weighted by Crippen LogP contribution is 2.35. The maximum absolute atomic E-state index is 9.68. The molecular formula is C21H27NO. The fourth-order valence-corrected chi connectivity index (χ4v) is 2.87. The average Bonchev–Trinajstić information content (AvgIpc) is 2.50. The van der Waals surface area contributed by atoms with Crippen LogP contribution in [0.1, 0.15) is 38.3 Å². The van der Waals surface area contributed by atoms with Gasteiger partial charge in [-0.15, -0.1) is 0 Å². The zero-order valence-corrected chi connectivity index (χ0v) is 14.7. The standard InChI is InChI=1S/C21H27NO/c1-6-7-19(23)10-8-16(3)13-22-14-17(4)18(5)20-12-15(2)9-11-21(20)22/h7-12,23H,3,6,13-14H2,1-2,4-5H3/b10-8-,19-7+. The molecule has 1 aromatic rings. The predicted octanol–water partition coefficient (Wildman–Crippen LogP) is 5.57. The Labute approximate surface area is 140 Å². The maximum Gasteiger partial charge on any atom is 0.111 e. The molecule has 0 aliphatic carbocycles. The number of hydrogen-bond donors (Lipinski definition) is 1. The predicted molar refractivity (Wildman–Crippen MR) is 101 cm³/mol. The summed E-state index contributed by atoms with van der Waals surface area (Å²) in [6.07, 6.45) is 6.24. The average molecular weight is 309 g/mol. The van der Waals surface area contributed by atoms with Crippen LogP contribution in [0.2, 0.25) is 0 Å². The Morgan fingerprint density at radius 1 is 1.26 bits per heavy atom. The van der Waals surface area contributed by atoms with E-state index in [0.29, 0.717) is 5.76 Å². The Hall–Kier alpha value is -2.22. The zero-order chi connectivity index (χ0) is 17.0. The Morgan fingerprint density at radius 3 is 2.70 bits per heavy atom. The largest absolute Gasteiger partial charge is 0.508 e. The van der Waals surface area contributed by atoms with E-state index in [1.807, 2.05) is 13.0 Å².